The molecule has 0 aromatic heterocycles. The first-order chi connectivity index (χ1) is 9.19. The molecule has 0 aliphatic heterocycles. The highest BCUT2D eigenvalue weighted by Gasteiger charge is 2.23. The second kappa shape index (κ2) is 8.29. The lowest BCUT2D eigenvalue weighted by Gasteiger charge is -2.15. The van der Waals surface area contributed by atoms with Crippen LogP contribution in [-0.2, 0) is 14.3 Å². The lowest BCUT2D eigenvalue weighted by atomic mass is 10.2. The van der Waals surface area contributed by atoms with E-state index in [9.17, 15) is 9.59 Å². The number of carbonyl (C=O) groups is 2. The van der Waals surface area contributed by atoms with Crippen molar-refractivity contribution in [1.29, 1.82) is 0 Å². The predicted octanol–water partition coefficient (Wildman–Crippen LogP) is 2.97. The third-order valence-electron chi connectivity index (χ3n) is 2.63. The molecule has 0 radical (unpaired) electrons. The van der Waals surface area contributed by atoms with Crippen LogP contribution in [0.25, 0.3) is 0 Å². The van der Waals surface area contributed by atoms with E-state index in [0.29, 0.717) is 18.6 Å². The van der Waals surface area contributed by atoms with Crippen molar-refractivity contribution in [1.82, 2.24) is 0 Å². The Morgan fingerprint density at radius 1 is 1.16 bits per heavy atom. The first-order valence-corrected chi connectivity index (χ1v) is 6.61. The van der Waals surface area contributed by atoms with Crippen molar-refractivity contribution < 1.29 is 19.1 Å². The molecule has 104 valence electrons. The fourth-order valence-electron chi connectivity index (χ4n) is 1.48. The van der Waals surface area contributed by atoms with E-state index in [2.05, 4.69) is 0 Å². The summed E-state index contributed by atoms with van der Waals surface area (Å²) in [4.78, 5) is 23.5. The third kappa shape index (κ3) is 5.12. The van der Waals surface area contributed by atoms with E-state index < -0.39 is 18.0 Å². The van der Waals surface area contributed by atoms with Crippen molar-refractivity contribution >= 4 is 11.9 Å². The van der Waals surface area contributed by atoms with Crippen LogP contribution in [0.4, 0.5) is 0 Å². The highest BCUT2D eigenvalue weighted by atomic mass is 16.6. The number of rotatable bonds is 7. The molecule has 1 atom stereocenters. The topological polar surface area (TPSA) is 52.6 Å². The summed E-state index contributed by atoms with van der Waals surface area (Å²) in [5.74, 6) is -0.972. The molecular weight excluding hydrogens is 244 g/mol. The molecule has 4 heteroatoms. The van der Waals surface area contributed by atoms with E-state index in [4.69, 9.17) is 9.47 Å². The molecule has 0 saturated heterocycles. The minimum absolute atomic E-state index is 0.370. The lowest BCUT2D eigenvalue weighted by Crippen LogP contribution is -2.28. The molecule has 0 fully saturated rings. The monoisotopic (exact) mass is 264 g/mol. The van der Waals surface area contributed by atoms with Crippen LogP contribution in [0.1, 0.15) is 43.5 Å². The number of benzene rings is 1. The van der Waals surface area contributed by atoms with Gasteiger partial charge in [0.05, 0.1) is 12.2 Å². The van der Waals surface area contributed by atoms with Crippen molar-refractivity contribution in [3.05, 3.63) is 35.9 Å². The Balaban J connectivity index is 2.52. The van der Waals surface area contributed by atoms with Gasteiger partial charge in [-0.25, -0.2) is 9.59 Å². The van der Waals surface area contributed by atoms with Gasteiger partial charge in [0.25, 0.3) is 0 Å². The van der Waals surface area contributed by atoms with Gasteiger partial charge >= 0.3 is 11.9 Å². The van der Waals surface area contributed by atoms with Gasteiger partial charge in [0, 0.05) is 0 Å². The van der Waals surface area contributed by atoms with Crippen LogP contribution in [-0.4, -0.2) is 24.6 Å². The van der Waals surface area contributed by atoms with Gasteiger partial charge in [0.15, 0.2) is 6.10 Å². The number of unbranched alkanes of at least 4 members (excludes halogenated alkanes) is 1. The van der Waals surface area contributed by atoms with E-state index in [-0.39, 0.29) is 0 Å². The molecule has 0 aliphatic rings. The van der Waals surface area contributed by atoms with Gasteiger partial charge in [-0.05, 0) is 25.0 Å². The van der Waals surface area contributed by atoms with Crippen LogP contribution in [0, 0.1) is 0 Å². The number of hydrogen-bond donors (Lipinski definition) is 0. The molecule has 0 bridgehead atoms. The molecule has 1 aromatic rings. The van der Waals surface area contributed by atoms with Gasteiger partial charge in [0.2, 0.25) is 0 Å². The minimum atomic E-state index is -0.829. The summed E-state index contributed by atoms with van der Waals surface area (Å²) in [6.45, 7) is 4.17. The Morgan fingerprint density at radius 3 is 2.42 bits per heavy atom. The Bertz CT molecular complexity index is 400. The average Bonchev–Trinajstić information content (AvgIpc) is 2.45. The summed E-state index contributed by atoms with van der Waals surface area (Å²) in [6.07, 6.45) is 1.34. The molecule has 1 aromatic carbocycles. The van der Waals surface area contributed by atoms with Gasteiger partial charge < -0.3 is 9.47 Å². The first-order valence-electron chi connectivity index (χ1n) is 6.61. The molecule has 0 heterocycles. The summed E-state index contributed by atoms with van der Waals surface area (Å²) >= 11 is 0. The van der Waals surface area contributed by atoms with Crippen LogP contribution in [0.5, 0.6) is 0 Å². The normalized spacial score (nSPS) is 11.7. The predicted molar refractivity (Wildman–Crippen MR) is 71.8 cm³/mol. The van der Waals surface area contributed by atoms with E-state index in [1.807, 2.05) is 13.0 Å². The average molecular weight is 264 g/mol. The van der Waals surface area contributed by atoms with Gasteiger partial charge in [-0.2, -0.15) is 0 Å². The second-order valence-corrected chi connectivity index (χ2v) is 4.19. The summed E-state index contributed by atoms with van der Waals surface area (Å²) in [6, 6.07) is 8.61. The second-order valence-electron chi connectivity index (χ2n) is 4.19. The molecule has 4 nitrogen and oxygen atoms in total. The van der Waals surface area contributed by atoms with Crippen molar-refractivity contribution in [3.8, 4) is 0 Å². The van der Waals surface area contributed by atoms with Crippen molar-refractivity contribution in [2.45, 2.75) is 39.2 Å². The molecular formula is C15H20O4. The van der Waals surface area contributed by atoms with Gasteiger partial charge in [0.1, 0.15) is 0 Å². The van der Waals surface area contributed by atoms with E-state index in [1.54, 1.807) is 31.2 Å². The fourth-order valence-corrected chi connectivity index (χ4v) is 1.48. The highest BCUT2D eigenvalue weighted by molar-refractivity contribution is 5.91. The van der Waals surface area contributed by atoms with Crippen molar-refractivity contribution in [2.24, 2.45) is 0 Å². The molecule has 0 spiro atoms. The van der Waals surface area contributed by atoms with Crippen LogP contribution in [0.15, 0.2) is 30.3 Å². The smallest absolute Gasteiger partial charge is 0.347 e. The van der Waals surface area contributed by atoms with Gasteiger partial charge in [-0.1, -0.05) is 38.5 Å². The summed E-state index contributed by atoms with van der Waals surface area (Å²) in [7, 11) is 0. The first kappa shape index (κ1) is 15.2. The maximum atomic E-state index is 11.8. The zero-order valence-electron chi connectivity index (χ0n) is 11.4. The quantitative estimate of drug-likeness (QED) is 0.561. The van der Waals surface area contributed by atoms with Crippen LogP contribution in [0.2, 0.25) is 0 Å². The highest BCUT2D eigenvalue weighted by Crippen LogP contribution is 2.08. The van der Waals surface area contributed by atoms with Crippen LogP contribution in [0.3, 0.4) is 0 Å². The molecule has 0 N–H and O–H groups in total. The van der Waals surface area contributed by atoms with Crippen molar-refractivity contribution in [2.75, 3.05) is 6.61 Å². The zero-order chi connectivity index (χ0) is 14.1. The lowest BCUT2D eigenvalue weighted by molar-refractivity contribution is -0.154. The maximum absolute atomic E-state index is 11.8. The Morgan fingerprint density at radius 2 is 1.84 bits per heavy atom. The van der Waals surface area contributed by atoms with Crippen molar-refractivity contribution in [3.63, 3.8) is 0 Å². The Hall–Kier alpha value is -1.84. The number of esters is 2. The standard InChI is InChI=1S/C15H20O4/c1-3-5-11-18-15(17)13(4-2)19-14(16)12-9-7-6-8-10-12/h6-10,13H,3-5,11H2,1-2H3. The number of ether oxygens (including phenoxy) is 2. The van der Waals surface area contributed by atoms with E-state index in [0.717, 1.165) is 12.8 Å². The molecule has 1 rings (SSSR count). The third-order valence-corrected chi connectivity index (χ3v) is 2.63. The summed E-state index contributed by atoms with van der Waals surface area (Å²) in [5, 5.41) is 0. The van der Waals surface area contributed by atoms with Gasteiger partial charge in [-0.15, -0.1) is 0 Å². The van der Waals surface area contributed by atoms with E-state index >= 15 is 0 Å². The summed E-state index contributed by atoms with van der Waals surface area (Å²) in [5.41, 5.74) is 0.433. The fraction of sp³-hybridized carbons (Fsp3) is 0.467. The minimum Gasteiger partial charge on any atom is -0.463 e. The SMILES string of the molecule is CCCCOC(=O)C(CC)OC(=O)c1ccccc1. The van der Waals surface area contributed by atoms with E-state index in [1.165, 1.54) is 0 Å². The van der Waals surface area contributed by atoms with Crippen LogP contribution >= 0.6 is 0 Å². The maximum Gasteiger partial charge on any atom is 0.347 e. The molecule has 0 saturated carbocycles. The van der Waals surface area contributed by atoms with Gasteiger partial charge in [-0.3, -0.25) is 0 Å². The summed E-state index contributed by atoms with van der Waals surface area (Å²) < 4.78 is 10.2. The molecule has 0 amide bonds. The molecule has 1 unspecified atom stereocenters. The zero-order valence-corrected chi connectivity index (χ0v) is 11.4. The number of hydrogen-bond acceptors (Lipinski definition) is 4. The molecule has 0 aliphatic carbocycles. The van der Waals surface area contributed by atoms with Crippen LogP contribution < -0.4 is 0 Å². The Kier molecular flexibility index (Phi) is 6.64. The number of carbonyl (C=O) groups excluding carboxylic acids is 2. The Labute approximate surface area is 113 Å². The largest absolute Gasteiger partial charge is 0.463 e. The molecule has 19 heavy (non-hydrogen) atoms.